The van der Waals surface area contributed by atoms with Crippen molar-refractivity contribution in [3.05, 3.63) is 40.7 Å². The molecule has 1 aromatic heterocycles. The number of anilines is 2. The molecular weight excluding hydrogens is 394 g/mol. The van der Waals surface area contributed by atoms with Gasteiger partial charge in [0.15, 0.2) is 5.03 Å². The van der Waals surface area contributed by atoms with Gasteiger partial charge in [0.1, 0.15) is 12.1 Å². The number of carbonyl (C=O) groups is 2. The number of urea groups is 1. The van der Waals surface area contributed by atoms with Gasteiger partial charge < -0.3 is 10.6 Å². The molecule has 1 aromatic carbocycles. The van der Waals surface area contributed by atoms with E-state index in [2.05, 4.69) is 26.7 Å². The molecule has 0 saturated carbocycles. The zero-order chi connectivity index (χ0) is 20.6. The van der Waals surface area contributed by atoms with E-state index >= 15 is 0 Å². The van der Waals surface area contributed by atoms with Crippen LogP contribution in [-0.4, -0.2) is 30.3 Å². The smallest absolute Gasteiger partial charge is 0.311 e. The molecule has 2 aromatic rings. The van der Waals surface area contributed by atoms with Crippen LogP contribution in [0, 0.1) is 0 Å². The van der Waals surface area contributed by atoms with Crippen LogP contribution < -0.4 is 15.4 Å². The lowest BCUT2D eigenvalue weighted by Gasteiger charge is -2.16. The van der Waals surface area contributed by atoms with Gasteiger partial charge in [0, 0.05) is 18.7 Å². The average molecular weight is 415 g/mol. The number of rotatable bonds is 4. The maximum Gasteiger partial charge on any atom is 0.333 e. The minimum absolute atomic E-state index is 0.0342. The average Bonchev–Trinajstić information content (AvgIpc) is 3.29. The third-order valence-corrected chi connectivity index (χ3v) is 6.39. The van der Waals surface area contributed by atoms with Crippen LogP contribution in [0.25, 0.3) is 0 Å². The molecule has 2 aliphatic rings. The number of hydrogen-bond donors (Lipinski definition) is 3. The van der Waals surface area contributed by atoms with Gasteiger partial charge in [0.05, 0.1) is 0 Å². The summed E-state index contributed by atoms with van der Waals surface area (Å²) in [4.78, 5) is 31.2. The molecule has 0 unspecified atom stereocenters. The Balaban J connectivity index is 1.56. The van der Waals surface area contributed by atoms with Crippen LogP contribution in [0.5, 0.6) is 0 Å². The van der Waals surface area contributed by atoms with E-state index < -0.39 is 27.0 Å². The van der Waals surface area contributed by atoms with Crippen LogP contribution in [0.4, 0.5) is 16.3 Å². The number of aromatic nitrogens is 2. The summed E-state index contributed by atoms with van der Waals surface area (Å²) in [5.41, 5.74) is 5.43. The number of aryl methyl sites for hydroxylation is 2. The Morgan fingerprint density at radius 2 is 1.59 bits per heavy atom. The number of hydrogen-bond acceptors (Lipinski definition) is 6. The Morgan fingerprint density at radius 1 is 0.931 bits per heavy atom. The zero-order valence-corrected chi connectivity index (χ0v) is 16.7. The maximum atomic E-state index is 12.6. The second kappa shape index (κ2) is 7.43. The molecule has 0 aliphatic heterocycles. The van der Waals surface area contributed by atoms with E-state index in [0.29, 0.717) is 0 Å². The van der Waals surface area contributed by atoms with Crippen molar-refractivity contribution < 1.29 is 18.0 Å². The number of carbonyl (C=O) groups excluding carboxylic acids is 2. The van der Waals surface area contributed by atoms with Gasteiger partial charge in [-0.1, -0.05) is 6.07 Å². The Morgan fingerprint density at radius 3 is 2.21 bits per heavy atom. The Hall–Kier alpha value is -3.01. The topological polar surface area (TPSA) is 130 Å². The molecule has 0 spiro atoms. The molecule has 10 heteroatoms. The summed E-state index contributed by atoms with van der Waals surface area (Å²) in [6, 6.07) is 2.49. The van der Waals surface area contributed by atoms with E-state index in [1.807, 2.05) is 4.72 Å². The van der Waals surface area contributed by atoms with Gasteiger partial charge in [-0.25, -0.2) is 19.5 Å². The molecule has 2 aliphatic carbocycles. The van der Waals surface area contributed by atoms with Gasteiger partial charge in [-0.3, -0.25) is 4.79 Å². The van der Waals surface area contributed by atoms with Gasteiger partial charge in [0.25, 0.3) is 10.0 Å². The standard InChI is InChI=1S/C19H21N5O4S/c1-11(25)22-16-9-17(21-10-20-16)29(27,28)24-19(26)23-18-14-6-2-4-12(14)8-13-5-3-7-15(13)18/h8-10H,2-7H2,1H3,(H2,23,24,26)(H,20,21,22,25). The largest absolute Gasteiger partial charge is 0.333 e. The highest BCUT2D eigenvalue weighted by Crippen LogP contribution is 2.38. The highest BCUT2D eigenvalue weighted by Gasteiger charge is 2.26. The molecule has 152 valence electrons. The first-order valence-corrected chi connectivity index (χ1v) is 10.9. The fraction of sp³-hybridized carbons (Fsp3) is 0.368. The molecule has 0 saturated heterocycles. The van der Waals surface area contributed by atoms with E-state index in [1.165, 1.54) is 18.1 Å². The van der Waals surface area contributed by atoms with E-state index in [1.54, 1.807) is 0 Å². The number of fused-ring (bicyclic) bond motifs is 2. The van der Waals surface area contributed by atoms with Crippen molar-refractivity contribution in [2.75, 3.05) is 10.6 Å². The van der Waals surface area contributed by atoms with Crippen molar-refractivity contribution in [1.82, 2.24) is 14.7 Å². The first kappa shape index (κ1) is 19.3. The summed E-state index contributed by atoms with van der Waals surface area (Å²) in [7, 11) is -4.23. The van der Waals surface area contributed by atoms with Crippen molar-refractivity contribution in [3.63, 3.8) is 0 Å². The van der Waals surface area contributed by atoms with Crippen LogP contribution in [0.15, 0.2) is 23.5 Å². The second-order valence-electron chi connectivity index (χ2n) is 7.22. The SMILES string of the molecule is CC(=O)Nc1cc(S(=O)(=O)NC(=O)Nc2c3c(cc4c2CCC4)CCC3)ncn1. The van der Waals surface area contributed by atoms with E-state index in [9.17, 15) is 18.0 Å². The van der Waals surface area contributed by atoms with Crippen molar-refractivity contribution in [2.45, 2.75) is 50.5 Å². The first-order chi connectivity index (χ1) is 13.8. The quantitative estimate of drug-likeness (QED) is 0.654. The van der Waals surface area contributed by atoms with Crippen molar-refractivity contribution in [2.24, 2.45) is 0 Å². The summed E-state index contributed by atoms with van der Waals surface area (Å²) < 4.78 is 27.1. The fourth-order valence-electron chi connectivity index (χ4n) is 4.02. The van der Waals surface area contributed by atoms with Gasteiger partial charge in [-0.2, -0.15) is 8.42 Å². The Labute approximate surface area is 168 Å². The van der Waals surface area contributed by atoms with Crippen LogP contribution in [0.2, 0.25) is 0 Å². The molecule has 0 atom stereocenters. The zero-order valence-electron chi connectivity index (χ0n) is 15.9. The monoisotopic (exact) mass is 415 g/mol. The minimum Gasteiger partial charge on any atom is -0.311 e. The minimum atomic E-state index is -4.23. The lowest BCUT2D eigenvalue weighted by atomic mass is 9.99. The predicted molar refractivity (Wildman–Crippen MR) is 106 cm³/mol. The molecule has 0 bridgehead atoms. The fourth-order valence-corrected chi connectivity index (χ4v) is 4.87. The highest BCUT2D eigenvalue weighted by atomic mass is 32.2. The normalized spacial score (nSPS) is 14.8. The van der Waals surface area contributed by atoms with Crippen molar-refractivity contribution in [3.8, 4) is 0 Å². The molecule has 1 heterocycles. The summed E-state index contributed by atoms with van der Waals surface area (Å²) in [6.07, 6.45) is 6.76. The van der Waals surface area contributed by atoms with Gasteiger partial charge in [-0.15, -0.1) is 0 Å². The van der Waals surface area contributed by atoms with E-state index in [-0.39, 0.29) is 5.82 Å². The van der Waals surface area contributed by atoms with Crippen molar-refractivity contribution in [1.29, 1.82) is 0 Å². The van der Waals surface area contributed by atoms with Crippen LogP contribution in [0.1, 0.15) is 42.0 Å². The number of nitrogens with zero attached hydrogens (tertiary/aromatic N) is 2. The summed E-state index contributed by atoms with van der Waals surface area (Å²) in [5, 5.41) is 4.75. The maximum absolute atomic E-state index is 12.6. The highest BCUT2D eigenvalue weighted by molar-refractivity contribution is 7.90. The first-order valence-electron chi connectivity index (χ1n) is 9.43. The number of sulfonamides is 1. The van der Waals surface area contributed by atoms with Crippen LogP contribution >= 0.6 is 0 Å². The third-order valence-electron chi connectivity index (χ3n) is 5.16. The van der Waals surface area contributed by atoms with Crippen molar-refractivity contribution >= 4 is 33.5 Å². The third kappa shape index (κ3) is 3.93. The molecule has 3 N–H and O–H groups in total. The van der Waals surface area contributed by atoms with Crippen LogP contribution in [0.3, 0.4) is 0 Å². The van der Waals surface area contributed by atoms with E-state index in [0.717, 1.165) is 67.7 Å². The number of nitrogens with one attached hydrogen (secondary N) is 3. The molecule has 3 amide bonds. The Kier molecular flexibility index (Phi) is 4.95. The molecule has 29 heavy (non-hydrogen) atoms. The molecule has 4 rings (SSSR count). The molecular formula is C19H21N5O4S. The molecule has 0 fully saturated rings. The summed E-state index contributed by atoms with van der Waals surface area (Å²) in [6.45, 7) is 1.28. The number of benzene rings is 1. The van der Waals surface area contributed by atoms with Gasteiger partial charge in [0.2, 0.25) is 5.91 Å². The summed E-state index contributed by atoms with van der Waals surface area (Å²) >= 11 is 0. The van der Waals surface area contributed by atoms with Crippen LogP contribution in [-0.2, 0) is 40.5 Å². The lowest BCUT2D eigenvalue weighted by Crippen LogP contribution is -2.35. The Bertz CT molecular complexity index is 1080. The predicted octanol–water partition coefficient (Wildman–Crippen LogP) is 1.92. The van der Waals surface area contributed by atoms with Gasteiger partial charge >= 0.3 is 6.03 Å². The number of amides is 3. The van der Waals surface area contributed by atoms with Gasteiger partial charge in [-0.05, 0) is 60.8 Å². The molecule has 0 radical (unpaired) electrons. The lowest BCUT2D eigenvalue weighted by molar-refractivity contribution is -0.114. The van der Waals surface area contributed by atoms with E-state index in [4.69, 9.17) is 0 Å². The second-order valence-corrected chi connectivity index (χ2v) is 8.85. The molecule has 9 nitrogen and oxygen atoms in total. The summed E-state index contributed by atoms with van der Waals surface area (Å²) in [5.74, 6) is -0.364.